The Morgan fingerprint density at radius 2 is 2.04 bits per heavy atom. The van der Waals surface area contributed by atoms with Crippen molar-refractivity contribution in [3.8, 4) is 17.5 Å². The van der Waals surface area contributed by atoms with Crippen LogP contribution in [0.5, 0.6) is 0 Å². The molecule has 2 aromatic carbocycles. The second kappa shape index (κ2) is 5.80. The first-order chi connectivity index (χ1) is 12.1. The minimum absolute atomic E-state index is 0.369. The summed E-state index contributed by atoms with van der Waals surface area (Å²) in [7, 11) is 0. The zero-order chi connectivity index (χ0) is 17.4. The van der Waals surface area contributed by atoms with Crippen LogP contribution in [0.3, 0.4) is 0 Å². The molecule has 0 saturated carbocycles. The monoisotopic (exact) mass is 330 g/mol. The molecule has 25 heavy (non-hydrogen) atoms. The van der Waals surface area contributed by atoms with Crippen molar-refractivity contribution in [3.63, 3.8) is 0 Å². The summed E-state index contributed by atoms with van der Waals surface area (Å²) >= 11 is 0. The third-order valence-electron chi connectivity index (χ3n) is 4.19. The van der Waals surface area contributed by atoms with Crippen LogP contribution in [-0.2, 0) is 6.54 Å². The molecule has 0 unspecified atom stereocenters. The number of rotatable bonds is 3. The molecule has 0 atom stereocenters. The average Bonchev–Trinajstić information content (AvgIpc) is 3.20. The second-order valence-corrected chi connectivity index (χ2v) is 5.94. The SMILES string of the molecule is Cc1ccc(Cn2cc(C#N)c3ccc(-c4noc(=O)[nH]4)cc32)cc1. The zero-order valence-corrected chi connectivity index (χ0v) is 13.5. The third kappa shape index (κ3) is 2.72. The van der Waals surface area contributed by atoms with Gasteiger partial charge in [0.1, 0.15) is 6.07 Å². The predicted molar refractivity (Wildman–Crippen MR) is 93.1 cm³/mol. The van der Waals surface area contributed by atoms with E-state index in [0.29, 0.717) is 17.9 Å². The van der Waals surface area contributed by atoms with E-state index in [1.165, 1.54) is 5.56 Å². The maximum absolute atomic E-state index is 11.2. The molecule has 0 spiro atoms. The summed E-state index contributed by atoms with van der Waals surface area (Å²) in [4.78, 5) is 13.7. The molecule has 122 valence electrons. The highest BCUT2D eigenvalue weighted by molar-refractivity contribution is 5.89. The summed E-state index contributed by atoms with van der Waals surface area (Å²) in [5.74, 6) is -0.226. The van der Waals surface area contributed by atoms with Crippen LogP contribution in [0.4, 0.5) is 0 Å². The Bertz CT molecular complexity index is 1160. The van der Waals surface area contributed by atoms with Gasteiger partial charge < -0.3 is 4.57 Å². The number of aryl methyl sites for hydroxylation is 1. The van der Waals surface area contributed by atoms with Crippen molar-refractivity contribution in [3.05, 3.63) is 75.9 Å². The van der Waals surface area contributed by atoms with Gasteiger partial charge in [-0.1, -0.05) is 47.1 Å². The van der Waals surface area contributed by atoms with Gasteiger partial charge in [-0.25, -0.2) is 4.79 Å². The van der Waals surface area contributed by atoms with Crippen LogP contribution in [0, 0.1) is 18.3 Å². The number of nitrogens with one attached hydrogen (secondary N) is 1. The summed E-state index contributed by atoms with van der Waals surface area (Å²) in [5, 5.41) is 14.0. The van der Waals surface area contributed by atoms with Crippen molar-refractivity contribution in [2.24, 2.45) is 0 Å². The smallest absolute Gasteiger partial charge is 0.342 e. The molecule has 0 aliphatic heterocycles. The van der Waals surface area contributed by atoms with Gasteiger partial charge >= 0.3 is 5.76 Å². The lowest BCUT2D eigenvalue weighted by Crippen LogP contribution is -1.98. The Hall–Kier alpha value is -3.59. The van der Waals surface area contributed by atoms with Crippen molar-refractivity contribution >= 4 is 10.9 Å². The lowest BCUT2D eigenvalue weighted by Gasteiger charge is -2.07. The van der Waals surface area contributed by atoms with Gasteiger partial charge in [-0.05, 0) is 18.6 Å². The van der Waals surface area contributed by atoms with E-state index in [9.17, 15) is 10.1 Å². The van der Waals surface area contributed by atoms with E-state index in [1.54, 1.807) is 0 Å². The molecule has 0 aliphatic carbocycles. The number of fused-ring (bicyclic) bond motifs is 1. The van der Waals surface area contributed by atoms with Crippen LogP contribution in [0.25, 0.3) is 22.3 Å². The minimum Gasteiger partial charge on any atom is -0.342 e. The van der Waals surface area contributed by atoms with E-state index < -0.39 is 5.76 Å². The highest BCUT2D eigenvalue weighted by Gasteiger charge is 2.12. The number of hydrogen-bond donors (Lipinski definition) is 1. The van der Waals surface area contributed by atoms with Gasteiger partial charge in [0.25, 0.3) is 0 Å². The van der Waals surface area contributed by atoms with Gasteiger partial charge in [-0.3, -0.25) is 9.51 Å². The van der Waals surface area contributed by atoms with Gasteiger partial charge in [0.2, 0.25) is 0 Å². The van der Waals surface area contributed by atoms with Crippen LogP contribution in [0.15, 0.2) is 58.0 Å². The average molecular weight is 330 g/mol. The lowest BCUT2D eigenvalue weighted by molar-refractivity contribution is 0.388. The molecular formula is C19H14N4O2. The molecule has 1 N–H and O–H groups in total. The molecule has 2 aromatic heterocycles. The molecule has 2 heterocycles. The molecule has 0 amide bonds. The molecule has 0 radical (unpaired) electrons. The standard InChI is InChI=1S/C19H14N4O2/c1-12-2-4-13(5-3-12)10-23-11-15(9-20)16-7-6-14(8-17(16)23)18-21-19(24)25-22-18/h2-8,11H,10H2,1H3,(H,21,22,24). The number of hydrogen-bond acceptors (Lipinski definition) is 4. The topological polar surface area (TPSA) is 87.6 Å². The maximum atomic E-state index is 11.2. The number of nitriles is 1. The van der Waals surface area contributed by atoms with E-state index >= 15 is 0 Å². The highest BCUT2D eigenvalue weighted by atomic mass is 16.5. The first-order valence-electron chi connectivity index (χ1n) is 7.79. The predicted octanol–water partition coefficient (Wildman–Crippen LogP) is 3.21. The second-order valence-electron chi connectivity index (χ2n) is 5.94. The largest absolute Gasteiger partial charge is 0.439 e. The van der Waals surface area contributed by atoms with Crippen LogP contribution < -0.4 is 5.76 Å². The van der Waals surface area contributed by atoms with Crippen molar-refractivity contribution in [2.75, 3.05) is 0 Å². The van der Waals surface area contributed by atoms with Crippen LogP contribution in [-0.4, -0.2) is 14.7 Å². The molecule has 0 saturated heterocycles. The molecular weight excluding hydrogens is 316 g/mol. The Labute approximate surface area is 142 Å². The summed E-state index contributed by atoms with van der Waals surface area (Å²) in [6.07, 6.45) is 1.85. The van der Waals surface area contributed by atoms with Crippen LogP contribution in [0.1, 0.15) is 16.7 Å². The van der Waals surface area contributed by atoms with Gasteiger partial charge in [-0.2, -0.15) is 5.26 Å². The Morgan fingerprint density at radius 1 is 1.24 bits per heavy atom. The van der Waals surface area contributed by atoms with E-state index in [2.05, 4.69) is 45.0 Å². The van der Waals surface area contributed by atoms with Crippen molar-refractivity contribution in [1.82, 2.24) is 14.7 Å². The van der Waals surface area contributed by atoms with E-state index in [-0.39, 0.29) is 0 Å². The van der Waals surface area contributed by atoms with E-state index in [4.69, 9.17) is 0 Å². The number of H-pyrrole nitrogens is 1. The Morgan fingerprint density at radius 3 is 2.72 bits per heavy atom. The van der Waals surface area contributed by atoms with Gasteiger partial charge in [0.05, 0.1) is 11.1 Å². The van der Waals surface area contributed by atoms with E-state index in [1.807, 2.05) is 35.9 Å². The maximum Gasteiger partial charge on any atom is 0.439 e. The van der Waals surface area contributed by atoms with Crippen LogP contribution >= 0.6 is 0 Å². The first-order valence-corrected chi connectivity index (χ1v) is 7.79. The number of benzene rings is 2. The fourth-order valence-electron chi connectivity index (χ4n) is 2.90. The quantitative estimate of drug-likeness (QED) is 0.625. The molecule has 6 heteroatoms. The summed E-state index contributed by atoms with van der Waals surface area (Å²) in [6.45, 7) is 2.70. The fourth-order valence-corrected chi connectivity index (χ4v) is 2.90. The molecule has 4 aromatic rings. The fraction of sp³-hybridized carbons (Fsp3) is 0.105. The van der Waals surface area contributed by atoms with Crippen molar-refractivity contribution < 1.29 is 4.52 Å². The summed E-state index contributed by atoms with van der Waals surface area (Å²) in [6, 6.07) is 16.1. The molecule has 0 fully saturated rings. The minimum atomic E-state index is -0.595. The number of aromatic amines is 1. The van der Waals surface area contributed by atoms with Crippen molar-refractivity contribution in [2.45, 2.75) is 13.5 Å². The summed E-state index contributed by atoms with van der Waals surface area (Å²) < 4.78 is 6.60. The Kier molecular flexibility index (Phi) is 3.47. The van der Waals surface area contributed by atoms with Gasteiger partial charge in [-0.15, -0.1) is 0 Å². The van der Waals surface area contributed by atoms with E-state index in [0.717, 1.165) is 22.0 Å². The van der Waals surface area contributed by atoms with Gasteiger partial charge in [0, 0.05) is 23.7 Å². The van der Waals surface area contributed by atoms with Crippen LogP contribution in [0.2, 0.25) is 0 Å². The number of nitrogens with zero attached hydrogens (tertiary/aromatic N) is 3. The van der Waals surface area contributed by atoms with Crippen molar-refractivity contribution in [1.29, 1.82) is 5.26 Å². The molecule has 6 nitrogen and oxygen atoms in total. The molecule has 4 rings (SSSR count). The normalized spacial score (nSPS) is 10.9. The third-order valence-corrected chi connectivity index (χ3v) is 4.19. The Balaban J connectivity index is 1.83. The molecule has 0 aliphatic rings. The molecule has 0 bridgehead atoms. The zero-order valence-electron chi connectivity index (χ0n) is 13.5. The lowest BCUT2D eigenvalue weighted by atomic mass is 10.1. The summed E-state index contributed by atoms with van der Waals surface area (Å²) in [5.41, 5.74) is 4.59. The number of aromatic nitrogens is 3. The first kappa shape index (κ1) is 15.0. The highest BCUT2D eigenvalue weighted by Crippen LogP contribution is 2.26. The van der Waals surface area contributed by atoms with Gasteiger partial charge in [0.15, 0.2) is 5.82 Å².